The van der Waals surface area contributed by atoms with Crippen LogP contribution in [0.1, 0.15) is 13.8 Å². The predicted molar refractivity (Wildman–Crippen MR) is 78.5 cm³/mol. The maximum Gasteiger partial charge on any atom is 0.328 e. The molecule has 1 saturated heterocycles. The van der Waals surface area contributed by atoms with E-state index in [1.807, 2.05) is 0 Å². The molecule has 0 bridgehead atoms. The Bertz CT molecular complexity index is 430. The highest BCUT2D eigenvalue weighted by Crippen LogP contribution is 2.24. The number of aliphatic hydroxyl groups excluding tert-OH is 4. The van der Waals surface area contributed by atoms with Crippen molar-refractivity contribution in [1.29, 1.82) is 0 Å². The zero-order valence-electron chi connectivity index (χ0n) is 13.8. The molecule has 1 amide bonds. The molecule has 0 spiro atoms. The first-order chi connectivity index (χ1) is 11.2. The van der Waals surface area contributed by atoms with Gasteiger partial charge in [0.2, 0.25) is 5.91 Å². The van der Waals surface area contributed by atoms with Gasteiger partial charge in [0, 0.05) is 0 Å². The molecule has 1 fully saturated rings. The Morgan fingerprint density at radius 1 is 1.25 bits per heavy atom. The summed E-state index contributed by atoms with van der Waals surface area (Å²) in [5.41, 5.74) is 0. The van der Waals surface area contributed by atoms with Gasteiger partial charge in [-0.25, -0.2) is 4.79 Å². The topological polar surface area (TPSA) is 155 Å². The Hall–Kier alpha value is -1.30. The first kappa shape index (κ1) is 20.7. The average molecular weight is 351 g/mol. The van der Waals surface area contributed by atoms with E-state index in [1.165, 1.54) is 7.11 Å². The van der Waals surface area contributed by atoms with Crippen LogP contribution in [-0.4, -0.2) is 89.4 Å². The van der Waals surface area contributed by atoms with Crippen molar-refractivity contribution in [3.63, 3.8) is 0 Å². The van der Waals surface area contributed by atoms with Gasteiger partial charge in [0.1, 0.15) is 37.1 Å². The molecule has 5 N–H and O–H groups in total. The van der Waals surface area contributed by atoms with Crippen molar-refractivity contribution in [3.8, 4) is 0 Å². The number of amides is 1. The van der Waals surface area contributed by atoms with Crippen molar-refractivity contribution in [2.24, 2.45) is 5.92 Å². The van der Waals surface area contributed by atoms with Gasteiger partial charge in [-0.3, -0.25) is 4.79 Å². The van der Waals surface area contributed by atoms with Crippen molar-refractivity contribution in [2.75, 3.05) is 20.3 Å². The lowest BCUT2D eigenvalue weighted by Gasteiger charge is -2.21. The molecule has 1 aliphatic rings. The molecule has 0 unspecified atom stereocenters. The van der Waals surface area contributed by atoms with Gasteiger partial charge in [-0.15, -0.1) is 0 Å². The first-order valence-electron chi connectivity index (χ1n) is 7.52. The zero-order valence-corrected chi connectivity index (χ0v) is 13.8. The molecule has 10 heteroatoms. The number of methoxy groups -OCH3 is 1. The molecular weight excluding hydrogens is 326 g/mol. The lowest BCUT2D eigenvalue weighted by Crippen LogP contribution is -2.47. The normalized spacial score (nSPS) is 29.3. The molecule has 0 radical (unpaired) electrons. The highest BCUT2D eigenvalue weighted by molar-refractivity contribution is 5.85. The van der Waals surface area contributed by atoms with Crippen LogP contribution in [0.2, 0.25) is 0 Å². The van der Waals surface area contributed by atoms with E-state index in [-0.39, 0.29) is 5.92 Å². The monoisotopic (exact) mass is 351 g/mol. The van der Waals surface area contributed by atoms with Crippen LogP contribution in [0.15, 0.2) is 0 Å². The van der Waals surface area contributed by atoms with Gasteiger partial charge >= 0.3 is 5.97 Å². The van der Waals surface area contributed by atoms with Crippen molar-refractivity contribution < 1.29 is 44.2 Å². The summed E-state index contributed by atoms with van der Waals surface area (Å²) < 4.78 is 14.8. The molecule has 0 saturated carbocycles. The van der Waals surface area contributed by atoms with Gasteiger partial charge in [0.05, 0.1) is 13.7 Å². The van der Waals surface area contributed by atoms with E-state index >= 15 is 0 Å². The van der Waals surface area contributed by atoms with E-state index in [0.29, 0.717) is 0 Å². The minimum Gasteiger partial charge on any atom is -0.467 e. The predicted octanol–water partition coefficient (Wildman–Crippen LogP) is -2.88. The molecule has 1 heterocycles. The van der Waals surface area contributed by atoms with E-state index in [9.17, 15) is 24.9 Å². The SMILES string of the molecule is COC(=O)[C@H](NC(=O)CO[C@H]1O[C@H]([C@H](O)CO)[C@H](O)[C@@H]1O)C(C)C. The second kappa shape index (κ2) is 9.25. The van der Waals surface area contributed by atoms with Gasteiger partial charge in [0.25, 0.3) is 0 Å². The summed E-state index contributed by atoms with van der Waals surface area (Å²) in [5, 5.41) is 40.3. The third-order valence-corrected chi connectivity index (χ3v) is 3.64. The summed E-state index contributed by atoms with van der Waals surface area (Å²) in [5.74, 6) is -1.45. The minimum atomic E-state index is -1.49. The maximum atomic E-state index is 11.9. The standard InChI is InChI=1S/C14H25NO9/c1-6(2)9(13(21)22-3)15-8(18)5-23-14-11(20)10(19)12(24-14)7(17)4-16/h6-7,9-12,14,16-17,19-20H,4-5H2,1-3H3,(H,15,18)/t7-,9-,10-,11+,12-,14+/m1/s1. The van der Waals surface area contributed by atoms with Crippen molar-refractivity contribution in [3.05, 3.63) is 0 Å². The van der Waals surface area contributed by atoms with E-state index in [2.05, 4.69) is 10.1 Å². The molecule has 0 aliphatic carbocycles. The first-order valence-corrected chi connectivity index (χ1v) is 7.52. The number of hydrogen-bond donors (Lipinski definition) is 5. The second-order valence-electron chi connectivity index (χ2n) is 5.82. The quantitative estimate of drug-likeness (QED) is 0.290. The van der Waals surface area contributed by atoms with Crippen LogP contribution < -0.4 is 5.32 Å². The van der Waals surface area contributed by atoms with Gasteiger partial charge in [-0.1, -0.05) is 13.8 Å². The van der Waals surface area contributed by atoms with E-state index in [4.69, 9.17) is 14.6 Å². The fraction of sp³-hybridized carbons (Fsp3) is 0.857. The number of nitrogens with one attached hydrogen (secondary N) is 1. The number of esters is 1. The summed E-state index contributed by atoms with van der Waals surface area (Å²) in [4.78, 5) is 23.4. The van der Waals surface area contributed by atoms with Crippen molar-refractivity contribution >= 4 is 11.9 Å². The second-order valence-corrected chi connectivity index (χ2v) is 5.82. The molecule has 0 aromatic rings. The van der Waals surface area contributed by atoms with Crippen LogP contribution in [0.3, 0.4) is 0 Å². The lowest BCUT2D eigenvalue weighted by atomic mass is 10.0. The van der Waals surface area contributed by atoms with Gasteiger partial charge in [-0.05, 0) is 5.92 Å². The van der Waals surface area contributed by atoms with Crippen LogP contribution in [0, 0.1) is 5.92 Å². The maximum absolute atomic E-state index is 11.9. The van der Waals surface area contributed by atoms with Crippen LogP contribution in [0.5, 0.6) is 0 Å². The van der Waals surface area contributed by atoms with Gasteiger partial charge in [0.15, 0.2) is 6.29 Å². The summed E-state index contributed by atoms with van der Waals surface area (Å²) in [7, 11) is 1.21. The van der Waals surface area contributed by atoms with E-state index in [0.717, 1.165) is 0 Å². The Balaban J connectivity index is 2.53. The van der Waals surface area contributed by atoms with Crippen LogP contribution in [0.4, 0.5) is 0 Å². The number of hydrogen-bond acceptors (Lipinski definition) is 9. The number of rotatable bonds is 8. The molecule has 1 aliphatic heterocycles. The highest BCUT2D eigenvalue weighted by atomic mass is 16.7. The Kier molecular flexibility index (Phi) is 8.00. The molecule has 10 nitrogen and oxygen atoms in total. The van der Waals surface area contributed by atoms with Gasteiger partial charge < -0.3 is 40.0 Å². The van der Waals surface area contributed by atoms with E-state index < -0.39 is 61.8 Å². The van der Waals surface area contributed by atoms with Crippen molar-refractivity contribution in [2.45, 2.75) is 50.6 Å². The van der Waals surface area contributed by atoms with Gasteiger partial charge in [-0.2, -0.15) is 0 Å². The smallest absolute Gasteiger partial charge is 0.328 e. The lowest BCUT2D eigenvalue weighted by molar-refractivity contribution is -0.184. The van der Waals surface area contributed by atoms with Crippen LogP contribution in [-0.2, 0) is 23.8 Å². The molecule has 1 rings (SSSR count). The average Bonchev–Trinajstić information content (AvgIpc) is 2.84. The molecule has 0 aromatic heterocycles. The zero-order chi connectivity index (χ0) is 18.4. The Morgan fingerprint density at radius 2 is 1.88 bits per heavy atom. The summed E-state index contributed by atoms with van der Waals surface area (Å²) >= 11 is 0. The molecule has 24 heavy (non-hydrogen) atoms. The largest absolute Gasteiger partial charge is 0.467 e. The number of carbonyl (C=O) groups excluding carboxylic acids is 2. The fourth-order valence-corrected chi connectivity index (χ4v) is 2.23. The third-order valence-electron chi connectivity index (χ3n) is 3.64. The molecular formula is C14H25NO9. The van der Waals surface area contributed by atoms with E-state index in [1.54, 1.807) is 13.8 Å². The number of aliphatic hydroxyl groups is 4. The van der Waals surface area contributed by atoms with Crippen molar-refractivity contribution in [1.82, 2.24) is 5.32 Å². The Morgan fingerprint density at radius 3 is 2.38 bits per heavy atom. The summed E-state index contributed by atoms with van der Waals surface area (Å²) in [6.07, 6.45) is -6.96. The Labute approximate surface area is 139 Å². The summed E-state index contributed by atoms with van der Waals surface area (Å²) in [6.45, 7) is 2.24. The third kappa shape index (κ3) is 5.10. The summed E-state index contributed by atoms with van der Waals surface area (Å²) in [6, 6.07) is -0.852. The fourth-order valence-electron chi connectivity index (χ4n) is 2.23. The number of carbonyl (C=O) groups is 2. The highest BCUT2D eigenvalue weighted by Gasteiger charge is 2.46. The molecule has 140 valence electrons. The van der Waals surface area contributed by atoms with Crippen LogP contribution in [0.25, 0.3) is 0 Å². The molecule has 0 aromatic carbocycles. The minimum absolute atomic E-state index is 0.208. The van der Waals surface area contributed by atoms with Crippen LogP contribution >= 0.6 is 0 Å². The number of ether oxygens (including phenoxy) is 3. The molecule has 6 atom stereocenters.